The highest BCUT2D eigenvalue weighted by atomic mass is 32.1. The third-order valence-electron chi connectivity index (χ3n) is 6.10. The maximum absolute atomic E-state index is 15.1. The Hall–Kier alpha value is -2.78. The molecule has 1 amide bonds. The molecule has 0 radical (unpaired) electrons. The fourth-order valence-corrected chi connectivity index (χ4v) is 4.70. The fraction of sp³-hybridized carbons (Fsp3) is 0.409. The molecule has 1 aromatic carbocycles. The molecule has 5 rings (SSSR count). The van der Waals surface area contributed by atoms with E-state index in [1.807, 2.05) is 9.47 Å². The first-order valence-electron chi connectivity index (χ1n) is 10.6. The molecular weight excluding hydrogens is 417 g/mol. The summed E-state index contributed by atoms with van der Waals surface area (Å²) in [5.74, 6) is -0.939. The minimum absolute atomic E-state index is 0.0123. The van der Waals surface area contributed by atoms with E-state index in [-0.39, 0.29) is 17.0 Å². The van der Waals surface area contributed by atoms with Crippen LogP contribution in [0.1, 0.15) is 36.2 Å². The van der Waals surface area contributed by atoms with Crippen molar-refractivity contribution in [1.29, 1.82) is 0 Å². The zero-order chi connectivity index (χ0) is 21.5. The third-order valence-corrected chi connectivity index (χ3v) is 6.79. The van der Waals surface area contributed by atoms with Crippen molar-refractivity contribution in [2.24, 2.45) is 0 Å². The summed E-state index contributed by atoms with van der Waals surface area (Å²) in [5, 5.41) is 5.08. The van der Waals surface area contributed by atoms with Gasteiger partial charge >= 0.3 is 0 Å². The number of hydrogen-bond acceptors (Lipinski definition) is 6. The van der Waals surface area contributed by atoms with Crippen LogP contribution >= 0.6 is 11.3 Å². The minimum Gasteiger partial charge on any atom is -0.367 e. The van der Waals surface area contributed by atoms with Crippen molar-refractivity contribution < 1.29 is 9.18 Å². The molecule has 1 aliphatic carbocycles. The van der Waals surface area contributed by atoms with E-state index in [1.54, 1.807) is 23.8 Å². The van der Waals surface area contributed by atoms with Crippen molar-refractivity contribution in [1.82, 2.24) is 14.5 Å². The summed E-state index contributed by atoms with van der Waals surface area (Å²) >= 11 is 1.28. The predicted molar refractivity (Wildman–Crippen MR) is 121 cm³/mol. The summed E-state index contributed by atoms with van der Waals surface area (Å²) in [5.41, 5.74) is 0.769. The molecule has 0 unspecified atom stereocenters. The summed E-state index contributed by atoms with van der Waals surface area (Å²) in [6, 6.07) is 3.32. The lowest BCUT2D eigenvalue weighted by Gasteiger charge is -2.35. The van der Waals surface area contributed by atoms with Gasteiger partial charge in [-0.1, -0.05) is 6.92 Å². The lowest BCUT2D eigenvalue weighted by molar-refractivity contribution is 0.102. The van der Waals surface area contributed by atoms with Gasteiger partial charge in [0.05, 0.1) is 11.2 Å². The molecule has 3 heterocycles. The molecule has 0 atom stereocenters. The standard InChI is InChI=1S/C22H24FN5O2S/c1-2-26-6-8-27(9-7-26)19-12-18-15(11-17(19)23)20(29)16(13-28(18)14-3-4-14)21(30)25-22-24-5-10-31-22/h5,10-14H,2-4,6-9H2,1H3,(H,24,25,30). The monoisotopic (exact) mass is 441 g/mol. The fourth-order valence-electron chi connectivity index (χ4n) is 4.17. The molecule has 0 bridgehead atoms. The number of amides is 1. The molecule has 31 heavy (non-hydrogen) atoms. The maximum atomic E-state index is 15.1. The maximum Gasteiger partial charge on any atom is 0.262 e. The highest BCUT2D eigenvalue weighted by Gasteiger charge is 2.28. The Morgan fingerprint density at radius 3 is 2.68 bits per heavy atom. The zero-order valence-electron chi connectivity index (χ0n) is 17.3. The van der Waals surface area contributed by atoms with Crippen LogP contribution in [0.2, 0.25) is 0 Å². The van der Waals surface area contributed by atoms with E-state index in [2.05, 4.69) is 22.1 Å². The van der Waals surface area contributed by atoms with E-state index in [1.165, 1.54) is 17.4 Å². The number of nitrogens with zero attached hydrogens (tertiary/aromatic N) is 4. The van der Waals surface area contributed by atoms with Crippen LogP contribution in [0.4, 0.5) is 15.2 Å². The van der Waals surface area contributed by atoms with Gasteiger partial charge in [-0.15, -0.1) is 11.3 Å². The van der Waals surface area contributed by atoms with E-state index in [4.69, 9.17) is 0 Å². The van der Waals surface area contributed by atoms with Crippen LogP contribution in [0.5, 0.6) is 0 Å². The van der Waals surface area contributed by atoms with E-state index in [0.29, 0.717) is 16.3 Å². The van der Waals surface area contributed by atoms with Crippen molar-refractivity contribution in [2.75, 3.05) is 42.9 Å². The van der Waals surface area contributed by atoms with Crippen LogP contribution in [-0.4, -0.2) is 53.1 Å². The summed E-state index contributed by atoms with van der Waals surface area (Å²) in [6.45, 7) is 6.39. The molecule has 2 fully saturated rings. The number of fused-ring (bicyclic) bond motifs is 1. The van der Waals surface area contributed by atoms with Crippen LogP contribution in [0, 0.1) is 5.82 Å². The Morgan fingerprint density at radius 1 is 1.26 bits per heavy atom. The number of anilines is 2. The average Bonchev–Trinajstić information content (AvgIpc) is 3.50. The first-order valence-corrected chi connectivity index (χ1v) is 11.5. The number of rotatable bonds is 5. The van der Waals surface area contributed by atoms with Gasteiger partial charge in [0.1, 0.15) is 11.4 Å². The molecule has 2 aliphatic rings. The van der Waals surface area contributed by atoms with Gasteiger partial charge in [-0.05, 0) is 31.5 Å². The second-order valence-electron chi connectivity index (χ2n) is 8.04. The number of carbonyl (C=O) groups excluding carboxylic acids is 1. The average molecular weight is 442 g/mol. The van der Waals surface area contributed by atoms with Crippen LogP contribution < -0.4 is 15.6 Å². The Kier molecular flexibility index (Phi) is 5.23. The van der Waals surface area contributed by atoms with Crippen LogP contribution in [0.15, 0.2) is 34.7 Å². The SMILES string of the molecule is CCN1CCN(c2cc3c(cc2F)c(=O)c(C(=O)Nc2nccs2)cn3C2CC2)CC1. The van der Waals surface area contributed by atoms with Gasteiger partial charge in [0.25, 0.3) is 5.91 Å². The topological polar surface area (TPSA) is 70.5 Å². The van der Waals surface area contributed by atoms with Gasteiger partial charge in [-0.3, -0.25) is 14.9 Å². The number of benzene rings is 1. The van der Waals surface area contributed by atoms with Crippen LogP contribution in [-0.2, 0) is 0 Å². The molecule has 1 N–H and O–H groups in total. The van der Waals surface area contributed by atoms with Gasteiger partial charge in [0.15, 0.2) is 5.13 Å². The van der Waals surface area contributed by atoms with E-state index in [0.717, 1.165) is 45.6 Å². The summed E-state index contributed by atoms with van der Waals surface area (Å²) in [6.07, 6.45) is 5.17. The first-order chi connectivity index (χ1) is 15.0. The van der Waals surface area contributed by atoms with Crippen molar-refractivity contribution in [3.8, 4) is 0 Å². The minimum atomic E-state index is -0.517. The second kappa shape index (κ2) is 8.05. The summed E-state index contributed by atoms with van der Waals surface area (Å²) in [4.78, 5) is 34.3. The van der Waals surface area contributed by atoms with E-state index >= 15 is 4.39 Å². The molecule has 3 aromatic rings. The van der Waals surface area contributed by atoms with Crippen molar-refractivity contribution >= 4 is 39.0 Å². The number of likely N-dealkylation sites (N-methyl/N-ethyl adjacent to an activating group) is 1. The molecule has 9 heteroatoms. The Balaban J connectivity index is 1.56. The van der Waals surface area contributed by atoms with Crippen molar-refractivity contribution in [2.45, 2.75) is 25.8 Å². The molecule has 1 saturated carbocycles. The Labute approximate surface area is 183 Å². The number of pyridine rings is 1. The normalized spacial score (nSPS) is 17.3. The highest BCUT2D eigenvalue weighted by molar-refractivity contribution is 7.13. The lowest BCUT2D eigenvalue weighted by atomic mass is 10.1. The number of piperazine rings is 1. The summed E-state index contributed by atoms with van der Waals surface area (Å²) in [7, 11) is 0. The largest absolute Gasteiger partial charge is 0.367 e. The molecule has 162 valence electrons. The van der Waals surface area contributed by atoms with Gasteiger partial charge in [0, 0.05) is 55.4 Å². The number of nitrogens with one attached hydrogen (secondary N) is 1. The van der Waals surface area contributed by atoms with Crippen LogP contribution in [0.25, 0.3) is 10.9 Å². The van der Waals surface area contributed by atoms with Crippen molar-refractivity contribution in [3.63, 3.8) is 0 Å². The van der Waals surface area contributed by atoms with Gasteiger partial charge < -0.3 is 14.4 Å². The number of halogens is 1. The van der Waals surface area contributed by atoms with Crippen molar-refractivity contribution in [3.05, 3.63) is 51.5 Å². The van der Waals surface area contributed by atoms with Gasteiger partial charge in [-0.2, -0.15) is 0 Å². The van der Waals surface area contributed by atoms with Gasteiger partial charge in [0.2, 0.25) is 5.43 Å². The first kappa shape index (κ1) is 20.1. The molecule has 7 nitrogen and oxygen atoms in total. The summed E-state index contributed by atoms with van der Waals surface area (Å²) < 4.78 is 17.1. The molecule has 1 saturated heterocycles. The highest BCUT2D eigenvalue weighted by Crippen LogP contribution is 2.38. The molecular formula is C22H24FN5O2S. The molecule has 1 aliphatic heterocycles. The van der Waals surface area contributed by atoms with Crippen LogP contribution in [0.3, 0.4) is 0 Å². The number of hydrogen-bond donors (Lipinski definition) is 1. The number of thiazole rings is 1. The molecule has 0 spiro atoms. The van der Waals surface area contributed by atoms with E-state index in [9.17, 15) is 9.59 Å². The second-order valence-corrected chi connectivity index (χ2v) is 8.94. The number of aromatic nitrogens is 2. The lowest BCUT2D eigenvalue weighted by Crippen LogP contribution is -2.46. The quantitative estimate of drug-likeness (QED) is 0.658. The predicted octanol–water partition coefficient (Wildman–Crippen LogP) is 3.33. The smallest absolute Gasteiger partial charge is 0.262 e. The zero-order valence-corrected chi connectivity index (χ0v) is 18.1. The number of carbonyl (C=O) groups is 1. The Bertz CT molecular complexity index is 1180. The van der Waals surface area contributed by atoms with E-state index < -0.39 is 17.2 Å². The van der Waals surface area contributed by atoms with Gasteiger partial charge in [-0.25, -0.2) is 9.37 Å². The molecule has 2 aromatic heterocycles. The third kappa shape index (κ3) is 3.83. The Morgan fingerprint density at radius 2 is 2.03 bits per heavy atom.